The van der Waals surface area contributed by atoms with Crippen LogP contribution in [-0.2, 0) is 21.6 Å². The third kappa shape index (κ3) is 3.50. The van der Waals surface area contributed by atoms with Gasteiger partial charge >= 0.3 is 5.24 Å². The number of hydrogen-bond acceptors (Lipinski definition) is 5. The molecule has 1 aromatic heterocycles. The summed E-state index contributed by atoms with van der Waals surface area (Å²) in [6.45, 7) is 0.304. The van der Waals surface area contributed by atoms with Crippen molar-refractivity contribution in [3.8, 4) is 0 Å². The van der Waals surface area contributed by atoms with Gasteiger partial charge in [-0.05, 0) is 24.3 Å². The van der Waals surface area contributed by atoms with Gasteiger partial charge in [0.2, 0.25) is 0 Å². The highest BCUT2D eigenvalue weighted by Crippen LogP contribution is 2.49. The number of benzene rings is 2. The van der Waals surface area contributed by atoms with E-state index in [1.165, 1.54) is 6.33 Å². The smallest absolute Gasteiger partial charge is 0.354 e. The monoisotopic (exact) mass is 439 g/mol. The minimum atomic E-state index is -1.01. The highest BCUT2D eigenvalue weighted by molar-refractivity contribution is 7.79. The number of hydrogen-bond donors (Lipinski definition) is 0. The van der Waals surface area contributed by atoms with Gasteiger partial charge in [-0.15, -0.1) is 0 Å². The lowest BCUT2D eigenvalue weighted by Gasteiger charge is -2.32. The topological polar surface area (TPSA) is 49.2 Å². The molecule has 27 heavy (non-hydrogen) atoms. The Morgan fingerprint density at radius 3 is 2.48 bits per heavy atom. The summed E-state index contributed by atoms with van der Waals surface area (Å²) >= 11 is 23.8. The van der Waals surface area contributed by atoms with E-state index in [0.717, 1.165) is 5.56 Å². The Labute approximate surface area is 175 Å². The molecule has 9 heteroatoms. The molecule has 2 aromatic carbocycles. The number of halogens is 3. The second kappa shape index (κ2) is 7.28. The molecule has 0 spiro atoms. The highest BCUT2D eigenvalue weighted by Gasteiger charge is 2.53. The molecular weight excluding hydrogens is 429 g/mol. The van der Waals surface area contributed by atoms with Crippen LogP contribution < -0.4 is 0 Å². The second-order valence-corrected chi connectivity index (χ2v) is 7.62. The van der Waals surface area contributed by atoms with Crippen molar-refractivity contribution >= 4 is 52.3 Å². The quantitative estimate of drug-likeness (QED) is 0.521. The first-order valence-electron chi connectivity index (χ1n) is 7.91. The summed E-state index contributed by atoms with van der Waals surface area (Å²) < 4.78 is 13.6. The van der Waals surface area contributed by atoms with E-state index in [4.69, 9.17) is 56.5 Å². The zero-order chi connectivity index (χ0) is 19.0. The van der Waals surface area contributed by atoms with Gasteiger partial charge in [0.25, 0.3) is 0 Å². The fourth-order valence-corrected chi connectivity index (χ4v) is 4.03. The van der Waals surface area contributed by atoms with E-state index in [9.17, 15) is 0 Å². The number of ether oxygens (including phenoxy) is 2. The van der Waals surface area contributed by atoms with Crippen molar-refractivity contribution in [3.63, 3.8) is 0 Å². The van der Waals surface area contributed by atoms with Gasteiger partial charge in [-0.25, -0.2) is 9.67 Å². The standard InChI is InChI=1S/C18H12Cl3N3O2S/c19-12-3-1-11(2-4-12)18(8-24-10-22-9-23-24)16(25-17(27)26-18)14-6-5-13(20)7-15(14)21/h1-7,9-10,16H,8H2. The van der Waals surface area contributed by atoms with Crippen LogP contribution in [0.2, 0.25) is 15.1 Å². The van der Waals surface area contributed by atoms with Gasteiger partial charge in [-0.2, -0.15) is 5.10 Å². The van der Waals surface area contributed by atoms with Crippen molar-refractivity contribution in [2.75, 3.05) is 0 Å². The molecule has 2 unspecified atom stereocenters. The molecule has 2 heterocycles. The summed E-state index contributed by atoms with van der Waals surface area (Å²) in [6, 6.07) is 12.5. The Kier molecular flexibility index (Phi) is 4.99. The molecule has 1 saturated heterocycles. The summed E-state index contributed by atoms with van der Waals surface area (Å²) in [5.41, 5.74) is 0.515. The maximum absolute atomic E-state index is 6.46. The van der Waals surface area contributed by atoms with Crippen molar-refractivity contribution in [1.82, 2.24) is 14.8 Å². The third-order valence-electron chi connectivity index (χ3n) is 4.34. The largest absolute Gasteiger partial charge is 0.444 e. The molecule has 0 saturated carbocycles. The molecule has 2 atom stereocenters. The Morgan fingerprint density at radius 1 is 1.07 bits per heavy atom. The molecule has 5 nitrogen and oxygen atoms in total. The first kappa shape index (κ1) is 18.5. The SMILES string of the molecule is S=C1OC(c2ccc(Cl)cc2Cl)C(Cn2cncn2)(c2ccc(Cl)cc2)O1. The summed E-state index contributed by atoms with van der Waals surface area (Å²) in [5, 5.41) is 5.82. The number of nitrogens with zero attached hydrogens (tertiary/aromatic N) is 3. The van der Waals surface area contributed by atoms with Gasteiger partial charge in [0.1, 0.15) is 12.7 Å². The van der Waals surface area contributed by atoms with Crippen LogP contribution in [0.3, 0.4) is 0 Å². The Bertz CT molecular complexity index is 982. The van der Waals surface area contributed by atoms with Gasteiger partial charge in [0.15, 0.2) is 11.7 Å². The highest BCUT2D eigenvalue weighted by atomic mass is 35.5. The van der Waals surface area contributed by atoms with E-state index < -0.39 is 11.7 Å². The van der Waals surface area contributed by atoms with Crippen molar-refractivity contribution in [3.05, 3.63) is 81.3 Å². The lowest BCUT2D eigenvalue weighted by atomic mass is 9.84. The zero-order valence-corrected chi connectivity index (χ0v) is 16.8. The van der Waals surface area contributed by atoms with Gasteiger partial charge in [-0.1, -0.05) is 53.0 Å². The molecule has 3 aromatic rings. The number of aromatic nitrogens is 3. The van der Waals surface area contributed by atoms with Crippen LogP contribution in [0, 0.1) is 0 Å². The van der Waals surface area contributed by atoms with Crippen LogP contribution in [0.15, 0.2) is 55.1 Å². The van der Waals surface area contributed by atoms with E-state index in [1.54, 1.807) is 41.3 Å². The predicted octanol–water partition coefficient (Wildman–Crippen LogP) is 5.21. The minimum absolute atomic E-state index is 0.0288. The van der Waals surface area contributed by atoms with E-state index in [0.29, 0.717) is 27.2 Å². The van der Waals surface area contributed by atoms with Crippen LogP contribution in [-0.4, -0.2) is 20.0 Å². The Hall–Kier alpha value is -1.86. The molecule has 1 fully saturated rings. The normalized spacial score (nSPS) is 21.7. The maximum atomic E-state index is 6.46. The van der Waals surface area contributed by atoms with E-state index in [2.05, 4.69) is 10.1 Å². The summed E-state index contributed by atoms with van der Waals surface area (Å²) in [4.78, 5) is 4.01. The summed E-state index contributed by atoms with van der Waals surface area (Å²) in [7, 11) is 0. The number of rotatable bonds is 4. The van der Waals surface area contributed by atoms with Crippen LogP contribution in [0.1, 0.15) is 17.2 Å². The lowest BCUT2D eigenvalue weighted by Crippen LogP contribution is -2.37. The third-order valence-corrected chi connectivity index (χ3v) is 5.34. The molecule has 0 radical (unpaired) electrons. The van der Waals surface area contributed by atoms with E-state index >= 15 is 0 Å². The Balaban J connectivity index is 1.88. The van der Waals surface area contributed by atoms with Crippen molar-refractivity contribution in [2.24, 2.45) is 0 Å². The van der Waals surface area contributed by atoms with Gasteiger partial charge in [-0.3, -0.25) is 0 Å². The molecule has 1 aliphatic rings. The molecule has 138 valence electrons. The molecule has 0 amide bonds. The van der Waals surface area contributed by atoms with E-state index in [-0.39, 0.29) is 5.24 Å². The fraction of sp³-hybridized carbons (Fsp3) is 0.167. The molecule has 0 bridgehead atoms. The molecule has 1 aliphatic heterocycles. The molecular formula is C18H12Cl3N3O2S. The van der Waals surface area contributed by atoms with Crippen LogP contribution >= 0.6 is 47.0 Å². The predicted molar refractivity (Wildman–Crippen MR) is 107 cm³/mol. The Morgan fingerprint density at radius 2 is 1.81 bits per heavy atom. The van der Waals surface area contributed by atoms with E-state index in [1.807, 2.05) is 12.1 Å². The molecule has 4 rings (SSSR count). The fourth-order valence-electron chi connectivity index (χ4n) is 3.15. The summed E-state index contributed by atoms with van der Waals surface area (Å²) in [6.07, 6.45) is 2.44. The first-order chi connectivity index (χ1) is 13.0. The van der Waals surface area contributed by atoms with Crippen molar-refractivity contribution in [1.29, 1.82) is 0 Å². The first-order valence-corrected chi connectivity index (χ1v) is 9.45. The minimum Gasteiger partial charge on any atom is -0.444 e. The van der Waals surface area contributed by atoms with Crippen LogP contribution in [0.4, 0.5) is 0 Å². The average Bonchev–Trinajstić information content (AvgIpc) is 3.24. The molecule has 0 aliphatic carbocycles. The van der Waals surface area contributed by atoms with Crippen LogP contribution in [0.25, 0.3) is 0 Å². The summed E-state index contributed by atoms with van der Waals surface area (Å²) in [5.74, 6) is 0. The van der Waals surface area contributed by atoms with Crippen molar-refractivity contribution < 1.29 is 9.47 Å². The lowest BCUT2D eigenvalue weighted by molar-refractivity contribution is 0.00981. The zero-order valence-electron chi connectivity index (χ0n) is 13.7. The molecule has 0 N–H and O–H groups in total. The number of thiocarbonyl (C=S) groups is 1. The second-order valence-electron chi connectivity index (χ2n) is 6.01. The van der Waals surface area contributed by atoms with Gasteiger partial charge in [0, 0.05) is 38.4 Å². The maximum Gasteiger partial charge on any atom is 0.354 e. The van der Waals surface area contributed by atoms with Crippen molar-refractivity contribution in [2.45, 2.75) is 18.2 Å². The van der Waals surface area contributed by atoms with Gasteiger partial charge < -0.3 is 9.47 Å². The average molecular weight is 441 g/mol. The van der Waals surface area contributed by atoms with Crippen LogP contribution in [0.5, 0.6) is 0 Å². The van der Waals surface area contributed by atoms with Gasteiger partial charge in [0.05, 0.1) is 6.54 Å².